The summed E-state index contributed by atoms with van der Waals surface area (Å²) >= 11 is 0. The van der Waals surface area contributed by atoms with Gasteiger partial charge in [-0.1, -0.05) is 92.7 Å². The molecule has 0 fully saturated rings. The van der Waals surface area contributed by atoms with Crippen LogP contribution in [0.15, 0.2) is 109 Å². The van der Waals surface area contributed by atoms with E-state index in [1.54, 1.807) is 0 Å². The number of benzene rings is 5. The monoisotopic (exact) mass is 461 g/mol. The molecule has 3 aliphatic rings. The fourth-order valence-electron chi connectivity index (χ4n) is 6.49. The number of hydrogen-bond donors (Lipinski definition) is 0. The molecule has 2 aliphatic heterocycles. The third-order valence-electron chi connectivity index (χ3n) is 8.29. The Labute approximate surface area is 211 Å². The molecule has 1 aliphatic carbocycles. The van der Waals surface area contributed by atoms with Crippen molar-refractivity contribution in [2.24, 2.45) is 0 Å². The summed E-state index contributed by atoms with van der Waals surface area (Å²) in [5, 5.41) is 0. The summed E-state index contributed by atoms with van der Waals surface area (Å²) in [6.07, 6.45) is 0. The van der Waals surface area contributed by atoms with Crippen molar-refractivity contribution in [3.63, 3.8) is 0 Å². The maximum atomic E-state index is 6.49. The molecule has 5 aromatic carbocycles. The lowest BCUT2D eigenvalue weighted by atomic mass is 9.64. The molecule has 0 saturated carbocycles. The van der Waals surface area contributed by atoms with Gasteiger partial charge in [0.15, 0.2) is 0 Å². The first-order valence-corrected chi connectivity index (χ1v) is 12.6. The lowest BCUT2D eigenvalue weighted by Crippen LogP contribution is -2.50. The van der Waals surface area contributed by atoms with Gasteiger partial charge >= 0.3 is 7.05 Å². The molecule has 170 valence electrons. The van der Waals surface area contributed by atoms with Gasteiger partial charge in [-0.05, 0) is 74.7 Å². The van der Waals surface area contributed by atoms with E-state index in [1.807, 2.05) is 6.07 Å². The van der Waals surface area contributed by atoms with Gasteiger partial charge in [0.2, 0.25) is 0 Å². The van der Waals surface area contributed by atoms with Gasteiger partial charge in [0.1, 0.15) is 5.75 Å². The number of para-hydroxylation sites is 3. The zero-order valence-electron chi connectivity index (χ0n) is 20.3. The second-order valence-electron chi connectivity index (χ2n) is 10.6. The summed E-state index contributed by atoms with van der Waals surface area (Å²) in [6, 6.07) is 39.7. The average molecular weight is 461 g/mol. The maximum Gasteiger partial charge on any atom is 0.524 e. The average Bonchev–Trinajstić information content (AvgIpc) is 3.42. The fourth-order valence-corrected chi connectivity index (χ4v) is 6.49. The summed E-state index contributed by atoms with van der Waals surface area (Å²) in [5.41, 5.74) is 14.1. The molecular weight excluding hydrogens is 437 g/mol. The number of nitrogens with zero attached hydrogens (tertiary/aromatic N) is 1. The van der Waals surface area contributed by atoms with Crippen molar-refractivity contribution in [3.8, 4) is 39.1 Å². The van der Waals surface area contributed by atoms with Crippen LogP contribution >= 0.6 is 0 Å². The van der Waals surface area contributed by atoms with E-state index in [9.17, 15) is 0 Å². The van der Waals surface area contributed by atoms with E-state index >= 15 is 0 Å². The molecule has 0 aromatic heterocycles. The Balaban J connectivity index is 1.28. The van der Waals surface area contributed by atoms with E-state index in [4.69, 9.17) is 4.65 Å². The van der Waals surface area contributed by atoms with Gasteiger partial charge in [-0.3, -0.25) is 0 Å². The predicted molar refractivity (Wildman–Crippen MR) is 149 cm³/mol. The highest BCUT2D eigenvalue weighted by atomic mass is 16.5. The van der Waals surface area contributed by atoms with Crippen LogP contribution in [0.1, 0.15) is 25.0 Å². The highest BCUT2D eigenvalue weighted by Crippen LogP contribution is 2.50. The molecule has 0 unspecified atom stereocenters. The molecule has 3 heteroatoms. The topological polar surface area (TPSA) is 12.5 Å². The molecular formula is C33H24BNO. The Bertz CT molecular complexity index is 1720. The van der Waals surface area contributed by atoms with E-state index in [1.165, 1.54) is 55.7 Å². The zero-order chi connectivity index (χ0) is 24.0. The van der Waals surface area contributed by atoms with Crippen molar-refractivity contribution >= 4 is 23.9 Å². The minimum Gasteiger partial charge on any atom is -0.536 e. The molecule has 36 heavy (non-hydrogen) atoms. The Morgan fingerprint density at radius 2 is 1.25 bits per heavy atom. The van der Waals surface area contributed by atoms with Crippen LogP contribution in [0.2, 0.25) is 0 Å². The van der Waals surface area contributed by atoms with Gasteiger partial charge in [-0.25, -0.2) is 0 Å². The summed E-state index contributed by atoms with van der Waals surface area (Å²) < 4.78 is 6.49. The second-order valence-corrected chi connectivity index (χ2v) is 10.6. The van der Waals surface area contributed by atoms with Crippen molar-refractivity contribution in [3.05, 3.63) is 120 Å². The van der Waals surface area contributed by atoms with Gasteiger partial charge in [0.25, 0.3) is 0 Å². The highest BCUT2D eigenvalue weighted by Gasteiger charge is 2.45. The van der Waals surface area contributed by atoms with Gasteiger partial charge in [0.05, 0.1) is 5.69 Å². The van der Waals surface area contributed by atoms with Crippen molar-refractivity contribution in [2.45, 2.75) is 19.3 Å². The van der Waals surface area contributed by atoms with Crippen LogP contribution < -0.4 is 14.9 Å². The Kier molecular flexibility index (Phi) is 3.85. The van der Waals surface area contributed by atoms with Gasteiger partial charge in [0, 0.05) is 16.7 Å². The molecule has 0 atom stereocenters. The number of fused-ring (bicyclic) bond motifs is 11. The zero-order valence-corrected chi connectivity index (χ0v) is 20.3. The van der Waals surface area contributed by atoms with Gasteiger partial charge in [-0.15, -0.1) is 0 Å². The summed E-state index contributed by atoms with van der Waals surface area (Å²) in [6.45, 7) is 4.68. The molecule has 0 spiro atoms. The standard InChI is InChI=1S/C33H24BNO/c1-33(2)27-11-5-3-9-23(27)24-17-15-22(20-28(24)33)21-16-18-29-26(19-21)25-10-4-6-12-30(25)35-31-13-7-8-14-32(31)36-34(29)35/h3-20H,1-2H3. The smallest absolute Gasteiger partial charge is 0.524 e. The van der Waals surface area contributed by atoms with Gasteiger partial charge < -0.3 is 9.47 Å². The van der Waals surface area contributed by atoms with Crippen molar-refractivity contribution in [1.29, 1.82) is 0 Å². The van der Waals surface area contributed by atoms with Crippen LogP contribution in [0, 0.1) is 0 Å². The molecule has 8 rings (SSSR count). The van der Waals surface area contributed by atoms with Gasteiger partial charge in [-0.2, -0.15) is 0 Å². The minimum atomic E-state index is -0.144. The molecule has 5 aromatic rings. The molecule has 0 radical (unpaired) electrons. The van der Waals surface area contributed by atoms with E-state index in [0.29, 0.717) is 0 Å². The first-order valence-electron chi connectivity index (χ1n) is 12.6. The first kappa shape index (κ1) is 20.0. The minimum absolute atomic E-state index is 0.00723. The number of rotatable bonds is 1. The van der Waals surface area contributed by atoms with E-state index in [2.05, 4.69) is 122 Å². The first-order chi connectivity index (χ1) is 17.6. The molecule has 2 heterocycles. The normalized spacial score (nSPS) is 15.3. The maximum absolute atomic E-state index is 6.49. The lowest BCUT2D eigenvalue weighted by Gasteiger charge is -2.31. The highest BCUT2D eigenvalue weighted by molar-refractivity contribution is 6.77. The summed E-state index contributed by atoms with van der Waals surface area (Å²) in [7, 11) is -0.144. The largest absolute Gasteiger partial charge is 0.536 e. The van der Waals surface area contributed by atoms with Crippen LogP contribution in [0.5, 0.6) is 5.75 Å². The van der Waals surface area contributed by atoms with E-state index in [-0.39, 0.29) is 12.5 Å². The van der Waals surface area contributed by atoms with Crippen molar-refractivity contribution in [2.75, 3.05) is 4.81 Å². The van der Waals surface area contributed by atoms with Crippen LogP contribution in [-0.2, 0) is 5.41 Å². The predicted octanol–water partition coefficient (Wildman–Crippen LogP) is 7.57. The second kappa shape index (κ2) is 6.92. The Morgan fingerprint density at radius 3 is 2.14 bits per heavy atom. The van der Waals surface area contributed by atoms with E-state index in [0.717, 1.165) is 11.4 Å². The van der Waals surface area contributed by atoms with Crippen LogP contribution in [0.3, 0.4) is 0 Å². The van der Waals surface area contributed by atoms with Crippen LogP contribution in [0.4, 0.5) is 11.4 Å². The summed E-state index contributed by atoms with van der Waals surface area (Å²) in [4.78, 5) is 2.34. The SMILES string of the molecule is CC1(C)c2ccccc2-c2ccc(-c3ccc4c(c3)-c3ccccc3N3B4Oc4ccccc43)cc21. The molecule has 0 saturated heterocycles. The molecule has 0 amide bonds. The third-order valence-corrected chi connectivity index (χ3v) is 8.29. The van der Waals surface area contributed by atoms with E-state index < -0.39 is 0 Å². The lowest BCUT2D eigenvalue weighted by molar-refractivity contribution is 0.603. The van der Waals surface area contributed by atoms with Crippen molar-refractivity contribution < 1.29 is 4.65 Å². The quantitative estimate of drug-likeness (QED) is 0.239. The van der Waals surface area contributed by atoms with Crippen LogP contribution in [0.25, 0.3) is 33.4 Å². The molecule has 2 nitrogen and oxygen atoms in total. The Morgan fingerprint density at radius 1 is 0.583 bits per heavy atom. The summed E-state index contributed by atoms with van der Waals surface area (Å²) in [5.74, 6) is 0.939. The molecule has 0 N–H and O–H groups in total. The number of anilines is 2. The van der Waals surface area contributed by atoms with Crippen LogP contribution in [-0.4, -0.2) is 7.05 Å². The number of hydrogen-bond acceptors (Lipinski definition) is 2. The Hall–Kier alpha value is -4.24. The molecule has 0 bridgehead atoms. The third kappa shape index (κ3) is 2.52. The van der Waals surface area contributed by atoms with Crippen molar-refractivity contribution in [1.82, 2.24) is 0 Å². The fraction of sp³-hybridized carbons (Fsp3) is 0.0909.